The second-order valence-electron chi connectivity index (χ2n) is 5.75. The van der Waals surface area contributed by atoms with Crippen molar-refractivity contribution < 1.29 is 8.78 Å². The summed E-state index contributed by atoms with van der Waals surface area (Å²) in [4.78, 5) is 0. The first-order valence-corrected chi connectivity index (χ1v) is 9.08. The van der Waals surface area contributed by atoms with E-state index in [1.165, 1.54) is 10.7 Å². The van der Waals surface area contributed by atoms with Crippen molar-refractivity contribution in [3.8, 4) is 28.2 Å². The van der Waals surface area contributed by atoms with Gasteiger partial charge in [0.05, 0.1) is 9.26 Å². The minimum Gasteiger partial charge on any atom is -0.228 e. The van der Waals surface area contributed by atoms with Gasteiger partial charge in [0.1, 0.15) is 23.0 Å². The van der Waals surface area contributed by atoms with Crippen LogP contribution in [0, 0.1) is 15.2 Å². The first-order valence-electron chi connectivity index (χ1n) is 8.00. The molecule has 0 unspecified atom stereocenters. The Hall–Kier alpha value is -2.54. The molecule has 0 fully saturated rings. The molecule has 1 aromatic heterocycles. The minimum absolute atomic E-state index is 0.0870. The maximum Gasteiger partial charge on any atom is 0.149 e. The minimum atomic E-state index is -0.526. The van der Waals surface area contributed by atoms with Gasteiger partial charge in [-0.15, -0.1) is 0 Å². The highest BCUT2D eigenvalue weighted by molar-refractivity contribution is 14.1. The number of nitrogens with zero attached hydrogens (tertiary/aromatic N) is 2. The number of aromatic nitrogens is 2. The molecule has 0 N–H and O–H groups in total. The number of hydrogen-bond donors (Lipinski definition) is 0. The van der Waals surface area contributed by atoms with Gasteiger partial charge in [0.15, 0.2) is 0 Å². The molecule has 1 heterocycles. The van der Waals surface area contributed by atoms with Gasteiger partial charge in [-0.2, -0.15) is 5.10 Å². The van der Waals surface area contributed by atoms with Crippen molar-refractivity contribution in [3.63, 3.8) is 0 Å². The van der Waals surface area contributed by atoms with Gasteiger partial charge < -0.3 is 0 Å². The number of halogens is 3. The first kappa shape index (κ1) is 16.9. The predicted molar refractivity (Wildman–Crippen MR) is 107 cm³/mol. The summed E-state index contributed by atoms with van der Waals surface area (Å²) < 4.78 is 30.6. The molecule has 0 radical (unpaired) electrons. The molecular formula is C21H13F2IN2. The van der Waals surface area contributed by atoms with E-state index in [4.69, 9.17) is 0 Å². The monoisotopic (exact) mass is 458 g/mol. The van der Waals surface area contributed by atoms with Crippen molar-refractivity contribution in [2.75, 3.05) is 0 Å². The van der Waals surface area contributed by atoms with E-state index in [-0.39, 0.29) is 5.69 Å². The van der Waals surface area contributed by atoms with Gasteiger partial charge in [0, 0.05) is 17.2 Å². The fourth-order valence-corrected chi connectivity index (χ4v) is 3.81. The van der Waals surface area contributed by atoms with Gasteiger partial charge in [-0.25, -0.2) is 13.5 Å². The standard InChI is InChI=1S/C21H13F2IN2/c22-16-11-12-17(23)18(13-16)26-21(15-9-5-2-6-10-15)19(24)20(25-26)14-7-3-1-4-8-14/h1-13H. The summed E-state index contributed by atoms with van der Waals surface area (Å²) in [6.07, 6.45) is 0. The third-order valence-electron chi connectivity index (χ3n) is 4.06. The molecule has 5 heteroatoms. The summed E-state index contributed by atoms with van der Waals surface area (Å²) in [7, 11) is 0. The molecule has 0 saturated heterocycles. The molecule has 0 aliphatic rings. The van der Waals surface area contributed by atoms with Gasteiger partial charge in [0.2, 0.25) is 0 Å². The lowest BCUT2D eigenvalue weighted by atomic mass is 10.1. The number of benzene rings is 3. The van der Waals surface area contributed by atoms with Crippen LogP contribution in [-0.4, -0.2) is 9.78 Å². The van der Waals surface area contributed by atoms with Crippen LogP contribution < -0.4 is 0 Å². The maximum atomic E-state index is 14.5. The summed E-state index contributed by atoms with van der Waals surface area (Å²) in [5.41, 5.74) is 3.35. The van der Waals surface area contributed by atoms with Crippen LogP contribution in [0.4, 0.5) is 8.78 Å². The molecule has 4 rings (SSSR count). The summed E-state index contributed by atoms with van der Waals surface area (Å²) in [6, 6.07) is 22.7. The fraction of sp³-hybridized carbons (Fsp3) is 0. The van der Waals surface area contributed by atoms with Crippen LogP contribution in [0.1, 0.15) is 0 Å². The van der Waals surface area contributed by atoms with Crippen molar-refractivity contribution in [2.45, 2.75) is 0 Å². The molecule has 3 aromatic carbocycles. The average molecular weight is 458 g/mol. The molecule has 0 amide bonds. The SMILES string of the molecule is Fc1ccc(F)c(-n2nc(-c3ccccc3)c(I)c2-c2ccccc2)c1. The third-order valence-corrected chi connectivity index (χ3v) is 5.08. The highest BCUT2D eigenvalue weighted by Gasteiger charge is 2.21. The van der Waals surface area contributed by atoms with E-state index >= 15 is 0 Å². The summed E-state index contributed by atoms with van der Waals surface area (Å²) in [6.45, 7) is 0. The van der Waals surface area contributed by atoms with Gasteiger partial charge in [-0.05, 0) is 34.7 Å². The van der Waals surface area contributed by atoms with Gasteiger partial charge in [-0.3, -0.25) is 0 Å². The molecule has 26 heavy (non-hydrogen) atoms. The summed E-state index contributed by atoms with van der Waals surface area (Å²) in [5, 5.41) is 4.63. The zero-order valence-corrected chi connectivity index (χ0v) is 15.7. The van der Waals surface area contributed by atoms with Crippen LogP contribution in [0.5, 0.6) is 0 Å². The van der Waals surface area contributed by atoms with E-state index in [2.05, 4.69) is 27.7 Å². The van der Waals surface area contributed by atoms with Crippen molar-refractivity contribution in [1.29, 1.82) is 0 Å². The third kappa shape index (κ3) is 3.03. The second-order valence-corrected chi connectivity index (χ2v) is 6.83. The second kappa shape index (κ2) is 6.99. The lowest BCUT2D eigenvalue weighted by Gasteiger charge is -2.09. The molecule has 4 aromatic rings. The number of hydrogen-bond acceptors (Lipinski definition) is 1. The predicted octanol–water partition coefficient (Wildman–Crippen LogP) is 6.09. The van der Waals surface area contributed by atoms with Crippen LogP contribution >= 0.6 is 22.6 Å². The molecule has 0 aliphatic heterocycles. The summed E-state index contributed by atoms with van der Waals surface area (Å²) in [5.74, 6) is -1.03. The Morgan fingerprint density at radius 2 is 1.38 bits per heavy atom. The molecule has 2 nitrogen and oxygen atoms in total. The Kier molecular flexibility index (Phi) is 4.55. The highest BCUT2D eigenvalue weighted by atomic mass is 127. The number of rotatable bonds is 3. The quantitative estimate of drug-likeness (QED) is 0.340. The average Bonchev–Trinajstić information content (AvgIpc) is 3.02. The van der Waals surface area contributed by atoms with Crippen LogP contribution in [-0.2, 0) is 0 Å². The zero-order chi connectivity index (χ0) is 18.1. The van der Waals surface area contributed by atoms with E-state index in [1.807, 2.05) is 60.7 Å². The molecule has 0 atom stereocenters. The van der Waals surface area contributed by atoms with Gasteiger partial charge >= 0.3 is 0 Å². The van der Waals surface area contributed by atoms with Gasteiger partial charge in [-0.1, -0.05) is 60.7 Å². The van der Waals surface area contributed by atoms with Crippen LogP contribution in [0.25, 0.3) is 28.2 Å². The summed E-state index contributed by atoms with van der Waals surface area (Å²) >= 11 is 2.22. The zero-order valence-electron chi connectivity index (χ0n) is 13.5. The largest absolute Gasteiger partial charge is 0.228 e. The molecule has 128 valence electrons. The van der Waals surface area contributed by atoms with Crippen molar-refractivity contribution in [1.82, 2.24) is 9.78 Å². The fourth-order valence-electron chi connectivity index (χ4n) is 2.85. The normalized spacial score (nSPS) is 10.9. The van der Waals surface area contributed by atoms with Crippen LogP contribution in [0.15, 0.2) is 78.9 Å². The molecule has 0 spiro atoms. The molecular weight excluding hydrogens is 445 g/mol. The first-order chi connectivity index (χ1) is 12.6. The topological polar surface area (TPSA) is 17.8 Å². The maximum absolute atomic E-state index is 14.5. The Bertz CT molecular complexity index is 1060. The van der Waals surface area contributed by atoms with Crippen LogP contribution in [0.2, 0.25) is 0 Å². The van der Waals surface area contributed by atoms with E-state index < -0.39 is 11.6 Å². The van der Waals surface area contributed by atoms with Crippen molar-refractivity contribution >= 4 is 22.6 Å². The Balaban J connectivity index is 2.03. The Labute approximate surface area is 163 Å². The lowest BCUT2D eigenvalue weighted by molar-refractivity contribution is 0.587. The lowest BCUT2D eigenvalue weighted by Crippen LogP contribution is -2.03. The Morgan fingerprint density at radius 3 is 2.04 bits per heavy atom. The Morgan fingerprint density at radius 1 is 0.769 bits per heavy atom. The van der Waals surface area contributed by atoms with E-state index in [0.29, 0.717) is 0 Å². The van der Waals surface area contributed by atoms with E-state index in [1.54, 1.807) is 0 Å². The van der Waals surface area contributed by atoms with Crippen molar-refractivity contribution in [2.24, 2.45) is 0 Å². The smallest absolute Gasteiger partial charge is 0.149 e. The van der Waals surface area contributed by atoms with Crippen LogP contribution in [0.3, 0.4) is 0 Å². The molecule has 0 aliphatic carbocycles. The van der Waals surface area contributed by atoms with E-state index in [9.17, 15) is 8.78 Å². The molecule has 0 saturated carbocycles. The molecule has 0 bridgehead atoms. The van der Waals surface area contributed by atoms with Crippen molar-refractivity contribution in [3.05, 3.63) is 94.1 Å². The van der Waals surface area contributed by atoms with E-state index in [0.717, 1.165) is 38.2 Å². The van der Waals surface area contributed by atoms with Gasteiger partial charge in [0.25, 0.3) is 0 Å². The highest BCUT2D eigenvalue weighted by Crippen LogP contribution is 2.35.